The van der Waals surface area contributed by atoms with Gasteiger partial charge in [0.05, 0.1) is 22.7 Å². The minimum Gasteiger partial charge on any atom is -0.462 e. The van der Waals surface area contributed by atoms with Crippen molar-refractivity contribution >= 4 is 44.1 Å². The van der Waals surface area contributed by atoms with E-state index in [-0.39, 0.29) is 5.97 Å². The third-order valence-electron chi connectivity index (χ3n) is 4.25. The van der Waals surface area contributed by atoms with Crippen molar-refractivity contribution in [2.45, 2.75) is 26.2 Å². The molecule has 0 aromatic carbocycles. The van der Waals surface area contributed by atoms with E-state index in [2.05, 4.69) is 4.90 Å². The third-order valence-corrected chi connectivity index (χ3v) is 6.15. The van der Waals surface area contributed by atoms with Crippen molar-refractivity contribution in [3.63, 3.8) is 0 Å². The molecule has 4 rings (SSSR count). The van der Waals surface area contributed by atoms with Gasteiger partial charge >= 0.3 is 5.97 Å². The van der Waals surface area contributed by atoms with E-state index in [1.54, 1.807) is 22.7 Å². The molecule has 0 N–H and O–H groups in total. The Bertz CT molecular complexity index is 883. The van der Waals surface area contributed by atoms with E-state index in [0.717, 1.165) is 33.6 Å². The van der Waals surface area contributed by atoms with Gasteiger partial charge in [0, 0.05) is 13.1 Å². The number of pyridine rings is 1. The predicted molar refractivity (Wildman–Crippen MR) is 103 cm³/mol. The highest BCUT2D eigenvalue weighted by atomic mass is 32.1. The Kier molecular flexibility index (Phi) is 4.67. The van der Waals surface area contributed by atoms with Crippen LogP contribution in [0.15, 0.2) is 23.6 Å². The van der Waals surface area contributed by atoms with Gasteiger partial charge in [-0.15, -0.1) is 11.3 Å². The predicted octanol–water partition coefficient (Wildman–Crippen LogP) is 4.59. The van der Waals surface area contributed by atoms with Crippen molar-refractivity contribution in [2.75, 3.05) is 24.6 Å². The Morgan fingerprint density at radius 1 is 1.28 bits per heavy atom. The van der Waals surface area contributed by atoms with Crippen molar-refractivity contribution < 1.29 is 9.53 Å². The highest BCUT2D eigenvalue weighted by Crippen LogP contribution is 2.34. The van der Waals surface area contributed by atoms with Gasteiger partial charge in [0.25, 0.3) is 0 Å². The number of thiazole rings is 1. The summed E-state index contributed by atoms with van der Waals surface area (Å²) in [5.41, 5.74) is 1.97. The molecule has 5 nitrogen and oxygen atoms in total. The van der Waals surface area contributed by atoms with Gasteiger partial charge in [-0.05, 0) is 43.7 Å². The summed E-state index contributed by atoms with van der Waals surface area (Å²) in [6.45, 7) is 4.20. The summed E-state index contributed by atoms with van der Waals surface area (Å²) in [6, 6.07) is 5.81. The molecule has 3 aromatic heterocycles. The van der Waals surface area contributed by atoms with Crippen LogP contribution in [-0.2, 0) is 4.74 Å². The molecule has 0 saturated carbocycles. The quantitative estimate of drug-likeness (QED) is 0.626. The van der Waals surface area contributed by atoms with Gasteiger partial charge in [0.2, 0.25) is 0 Å². The Morgan fingerprint density at radius 3 is 2.84 bits per heavy atom. The number of fused-ring (bicyclic) bond motifs is 1. The standard InChI is InChI=1S/C18H19N3O2S2/c1-2-23-17(22)12-11-13(14-7-6-10-24-14)19-16-15(12)20-18(25-16)21-8-4-3-5-9-21/h6-7,10-11H,2-5,8-9H2,1H3. The first-order valence-electron chi connectivity index (χ1n) is 8.54. The second-order valence-electron chi connectivity index (χ2n) is 5.95. The number of hydrogen-bond acceptors (Lipinski definition) is 7. The zero-order valence-corrected chi connectivity index (χ0v) is 15.7. The summed E-state index contributed by atoms with van der Waals surface area (Å²) in [7, 11) is 0. The number of rotatable bonds is 4. The maximum atomic E-state index is 12.5. The number of nitrogens with zero attached hydrogens (tertiary/aromatic N) is 3. The van der Waals surface area contributed by atoms with E-state index in [1.807, 2.05) is 30.5 Å². The van der Waals surface area contributed by atoms with Crippen molar-refractivity contribution in [3.8, 4) is 10.6 Å². The maximum absolute atomic E-state index is 12.5. The molecule has 1 saturated heterocycles. The molecule has 0 aliphatic carbocycles. The summed E-state index contributed by atoms with van der Waals surface area (Å²) < 4.78 is 5.25. The lowest BCUT2D eigenvalue weighted by molar-refractivity contribution is 0.0528. The second-order valence-corrected chi connectivity index (χ2v) is 7.85. The molecular formula is C18H19N3O2S2. The molecule has 0 bridgehead atoms. The number of ether oxygens (including phenoxy) is 1. The van der Waals surface area contributed by atoms with Crippen LogP contribution in [0, 0.1) is 0 Å². The number of esters is 1. The Hall–Kier alpha value is -1.99. The van der Waals surface area contributed by atoms with Gasteiger partial charge in [-0.1, -0.05) is 17.4 Å². The fraction of sp³-hybridized carbons (Fsp3) is 0.389. The average molecular weight is 374 g/mol. The maximum Gasteiger partial charge on any atom is 0.340 e. The van der Waals surface area contributed by atoms with Gasteiger partial charge in [-0.25, -0.2) is 14.8 Å². The number of piperidine rings is 1. The number of carbonyl (C=O) groups excluding carboxylic acids is 1. The number of carbonyl (C=O) groups is 1. The van der Waals surface area contributed by atoms with E-state index in [1.165, 1.54) is 19.3 Å². The van der Waals surface area contributed by atoms with Crippen molar-refractivity contribution in [3.05, 3.63) is 29.1 Å². The molecule has 0 amide bonds. The average Bonchev–Trinajstić information content (AvgIpc) is 3.31. The Balaban J connectivity index is 1.83. The van der Waals surface area contributed by atoms with Crippen LogP contribution in [0.25, 0.3) is 20.9 Å². The van der Waals surface area contributed by atoms with Crippen LogP contribution in [-0.4, -0.2) is 35.6 Å². The SMILES string of the molecule is CCOC(=O)c1cc(-c2cccs2)nc2sc(N3CCCCC3)nc12. The summed E-state index contributed by atoms with van der Waals surface area (Å²) in [6.07, 6.45) is 3.65. The highest BCUT2D eigenvalue weighted by Gasteiger charge is 2.22. The molecule has 3 aromatic rings. The highest BCUT2D eigenvalue weighted by molar-refractivity contribution is 7.22. The second kappa shape index (κ2) is 7.09. The molecule has 0 atom stereocenters. The lowest BCUT2D eigenvalue weighted by atomic mass is 10.1. The van der Waals surface area contributed by atoms with Crippen LogP contribution >= 0.6 is 22.7 Å². The van der Waals surface area contributed by atoms with E-state index < -0.39 is 0 Å². The lowest BCUT2D eigenvalue weighted by Crippen LogP contribution is -2.29. The zero-order chi connectivity index (χ0) is 17.2. The van der Waals surface area contributed by atoms with Crippen LogP contribution < -0.4 is 4.90 Å². The van der Waals surface area contributed by atoms with Gasteiger partial charge in [-0.2, -0.15) is 0 Å². The summed E-state index contributed by atoms with van der Waals surface area (Å²) in [5.74, 6) is -0.330. The molecule has 4 heterocycles. The fourth-order valence-electron chi connectivity index (χ4n) is 3.03. The summed E-state index contributed by atoms with van der Waals surface area (Å²) in [4.78, 5) is 26.1. The molecule has 130 valence electrons. The molecule has 1 aliphatic rings. The molecule has 0 radical (unpaired) electrons. The monoisotopic (exact) mass is 373 g/mol. The normalized spacial score (nSPS) is 14.8. The van der Waals surface area contributed by atoms with Gasteiger partial charge in [-0.3, -0.25) is 0 Å². The molecule has 25 heavy (non-hydrogen) atoms. The minimum absolute atomic E-state index is 0.330. The number of hydrogen-bond donors (Lipinski definition) is 0. The molecule has 0 unspecified atom stereocenters. The molecule has 7 heteroatoms. The van der Waals surface area contributed by atoms with E-state index in [0.29, 0.717) is 17.7 Å². The first-order chi connectivity index (χ1) is 12.3. The number of thiophene rings is 1. The van der Waals surface area contributed by atoms with Crippen LogP contribution in [0.4, 0.5) is 5.13 Å². The Labute approximate surface area is 154 Å². The third kappa shape index (κ3) is 3.26. The Morgan fingerprint density at radius 2 is 2.12 bits per heavy atom. The van der Waals surface area contributed by atoms with E-state index in [9.17, 15) is 4.79 Å². The molecular weight excluding hydrogens is 354 g/mol. The summed E-state index contributed by atoms with van der Waals surface area (Å²) >= 11 is 3.18. The first-order valence-corrected chi connectivity index (χ1v) is 10.2. The van der Waals surface area contributed by atoms with Crippen LogP contribution in [0.3, 0.4) is 0 Å². The van der Waals surface area contributed by atoms with Gasteiger partial charge < -0.3 is 9.64 Å². The van der Waals surface area contributed by atoms with Crippen LogP contribution in [0.1, 0.15) is 36.5 Å². The molecule has 0 spiro atoms. The van der Waals surface area contributed by atoms with Crippen molar-refractivity contribution in [1.82, 2.24) is 9.97 Å². The van der Waals surface area contributed by atoms with E-state index >= 15 is 0 Å². The van der Waals surface area contributed by atoms with E-state index in [4.69, 9.17) is 14.7 Å². The van der Waals surface area contributed by atoms with Gasteiger partial charge in [0.15, 0.2) is 5.13 Å². The summed E-state index contributed by atoms with van der Waals surface area (Å²) in [5, 5.41) is 2.97. The topological polar surface area (TPSA) is 55.3 Å². The van der Waals surface area contributed by atoms with Crippen molar-refractivity contribution in [2.24, 2.45) is 0 Å². The van der Waals surface area contributed by atoms with Crippen LogP contribution in [0.2, 0.25) is 0 Å². The zero-order valence-electron chi connectivity index (χ0n) is 14.0. The molecule has 1 aliphatic heterocycles. The smallest absolute Gasteiger partial charge is 0.340 e. The van der Waals surface area contributed by atoms with Crippen LogP contribution in [0.5, 0.6) is 0 Å². The van der Waals surface area contributed by atoms with Crippen molar-refractivity contribution in [1.29, 1.82) is 0 Å². The minimum atomic E-state index is -0.330. The largest absolute Gasteiger partial charge is 0.462 e. The lowest BCUT2D eigenvalue weighted by Gasteiger charge is -2.25. The molecule has 1 fully saturated rings. The fourth-order valence-corrected chi connectivity index (χ4v) is 4.74. The first kappa shape index (κ1) is 16.5. The number of anilines is 1. The number of aromatic nitrogens is 2. The van der Waals surface area contributed by atoms with Gasteiger partial charge in [0.1, 0.15) is 10.3 Å².